The number of ether oxygens (including phenoxy) is 1. The van der Waals surface area contributed by atoms with Crippen molar-refractivity contribution in [3.05, 3.63) is 57.1 Å². The summed E-state index contributed by atoms with van der Waals surface area (Å²) in [7, 11) is 0. The van der Waals surface area contributed by atoms with Crippen LogP contribution in [0.25, 0.3) is 0 Å². The molecule has 2 aromatic rings. The Balaban J connectivity index is 2.00. The highest BCUT2D eigenvalue weighted by Gasteiger charge is 2.17. The van der Waals surface area contributed by atoms with E-state index in [9.17, 15) is 4.79 Å². The summed E-state index contributed by atoms with van der Waals surface area (Å²) < 4.78 is 5.42. The maximum Gasteiger partial charge on any atom is 0.193 e. The summed E-state index contributed by atoms with van der Waals surface area (Å²) in [5, 5.41) is 0.546. The molecule has 1 aliphatic heterocycles. The summed E-state index contributed by atoms with van der Waals surface area (Å²) in [6.45, 7) is 0.659. The van der Waals surface area contributed by atoms with Crippen molar-refractivity contribution in [1.82, 2.24) is 0 Å². The number of carbonyl (C=O) groups excluding carboxylic acids is 1. The first-order valence-electron chi connectivity index (χ1n) is 6.11. The number of hydrogen-bond acceptors (Lipinski definition) is 3. The summed E-state index contributed by atoms with van der Waals surface area (Å²) in [4.78, 5) is 12.5. The number of fused-ring (bicyclic) bond motifs is 1. The van der Waals surface area contributed by atoms with Crippen molar-refractivity contribution >= 4 is 34.7 Å². The normalized spacial score (nSPS) is 12.9. The zero-order valence-corrected chi connectivity index (χ0v) is 12.0. The van der Waals surface area contributed by atoms with Gasteiger partial charge in [-0.25, -0.2) is 0 Å². The van der Waals surface area contributed by atoms with Gasteiger partial charge >= 0.3 is 0 Å². The minimum Gasteiger partial charge on any atom is -0.493 e. The van der Waals surface area contributed by atoms with Gasteiger partial charge in [0.05, 0.1) is 22.3 Å². The fraction of sp³-hybridized carbons (Fsp3) is 0.133. The molecule has 3 nitrogen and oxygen atoms in total. The number of hydrogen-bond donors (Lipinski definition) is 1. The minimum atomic E-state index is -0.134. The van der Waals surface area contributed by atoms with Gasteiger partial charge in [-0.05, 0) is 35.9 Å². The van der Waals surface area contributed by atoms with Gasteiger partial charge in [-0.15, -0.1) is 0 Å². The molecule has 0 saturated carbocycles. The zero-order valence-electron chi connectivity index (χ0n) is 10.5. The van der Waals surface area contributed by atoms with Crippen LogP contribution >= 0.6 is 23.2 Å². The summed E-state index contributed by atoms with van der Waals surface area (Å²) in [6, 6.07) is 8.48. The summed E-state index contributed by atoms with van der Waals surface area (Å²) in [5.74, 6) is 0.708. The third-order valence-corrected chi connectivity index (χ3v) is 4.09. The van der Waals surface area contributed by atoms with Crippen LogP contribution in [0, 0.1) is 0 Å². The second kappa shape index (κ2) is 5.00. The van der Waals surface area contributed by atoms with Gasteiger partial charge in [0.25, 0.3) is 0 Å². The summed E-state index contributed by atoms with van der Waals surface area (Å²) >= 11 is 11.9. The van der Waals surface area contributed by atoms with Crippen LogP contribution in [0.5, 0.6) is 5.75 Å². The second-order valence-corrected chi connectivity index (χ2v) is 5.40. The average Bonchev–Trinajstić information content (AvgIpc) is 2.90. The molecule has 0 atom stereocenters. The van der Waals surface area contributed by atoms with Gasteiger partial charge in [0.2, 0.25) is 0 Å². The van der Waals surface area contributed by atoms with Crippen molar-refractivity contribution in [2.75, 3.05) is 12.3 Å². The van der Waals surface area contributed by atoms with Gasteiger partial charge in [0.1, 0.15) is 5.75 Å². The highest BCUT2D eigenvalue weighted by molar-refractivity contribution is 6.44. The van der Waals surface area contributed by atoms with Crippen LogP contribution in [-0.4, -0.2) is 12.4 Å². The van der Waals surface area contributed by atoms with E-state index in [0.717, 1.165) is 17.7 Å². The van der Waals surface area contributed by atoms with E-state index in [1.807, 2.05) is 12.1 Å². The molecule has 0 bridgehead atoms. The van der Waals surface area contributed by atoms with Gasteiger partial charge < -0.3 is 10.5 Å². The number of nitrogen functional groups attached to an aromatic ring is 1. The van der Waals surface area contributed by atoms with Crippen LogP contribution in [0.4, 0.5) is 5.69 Å². The molecule has 0 radical (unpaired) electrons. The lowest BCUT2D eigenvalue weighted by molar-refractivity contribution is 0.103. The van der Waals surface area contributed by atoms with E-state index >= 15 is 0 Å². The van der Waals surface area contributed by atoms with Crippen molar-refractivity contribution in [1.29, 1.82) is 0 Å². The van der Waals surface area contributed by atoms with Crippen LogP contribution in [0.3, 0.4) is 0 Å². The SMILES string of the molecule is Nc1cc(C(=O)c2ccc3c(c2)CCO3)cc(Cl)c1Cl. The first kappa shape index (κ1) is 13.3. The Morgan fingerprint density at radius 1 is 1.15 bits per heavy atom. The van der Waals surface area contributed by atoms with Gasteiger partial charge in [0, 0.05) is 17.5 Å². The van der Waals surface area contributed by atoms with Crippen molar-refractivity contribution < 1.29 is 9.53 Å². The number of ketones is 1. The number of anilines is 1. The van der Waals surface area contributed by atoms with E-state index < -0.39 is 0 Å². The molecule has 102 valence electrons. The fourth-order valence-electron chi connectivity index (χ4n) is 2.24. The molecule has 0 fully saturated rings. The molecule has 5 heteroatoms. The van der Waals surface area contributed by atoms with Crippen molar-refractivity contribution in [2.24, 2.45) is 0 Å². The first-order chi connectivity index (χ1) is 9.56. The molecule has 20 heavy (non-hydrogen) atoms. The van der Waals surface area contributed by atoms with Crippen LogP contribution < -0.4 is 10.5 Å². The van der Waals surface area contributed by atoms with E-state index in [0.29, 0.717) is 23.4 Å². The molecule has 0 spiro atoms. The topological polar surface area (TPSA) is 52.3 Å². The van der Waals surface area contributed by atoms with Crippen molar-refractivity contribution in [3.8, 4) is 5.75 Å². The number of rotatable bonds is 2. The van der Waals surface area contributed by atoms with Crippen LogP contribution in [0.2, 0.25) is 10.0 Å². The molecular weight excluding hydrogens is 297 g/mol. The fourth-order valence-corrected chi connectivity index (χ4v) is 2.57. The van der Waals surface area contributed by atoms with E-state index in [1.54, 1.807) is 12.1 Å². The Morgan fingerprint density at radius 2 is 1.95 bits per heavy atom. The largest absolute Gasteiger partial charge is 0.493 e. The lowest BCUT2D eigenvalue weighted by Crippen LogP contribution is -2.03. The monoisotopic (exact) mass is 307 g/mol. The van der Waals surface area contributed by atoms with Crippen molar-refractivity contribution in [3.63, 3.8) is 0 Å². The Morgan fingerprint density at radius 3 is 2.70 bits per heavy atom. The molecule has 0 aromatic heterocycles. The van der Waals surface area contributed by atoms with Gasteiger partial charge in [0.15, 0.2) is 5.78 Å². The summed E-state index contributed by atoms with van der Waals surface area (Å²) in [6.07, 6.45) is 0.819. The minimum absolute atomic E-state index is 0.134. The van der Waals surface area contributed by atoms with Crippen LogP contribution in [0.15, 0.2) is 30.3 Å². The molecule has 1 aliphatic rings. The Kier molecular flexibility index (Phi) is 3.32. The number of carbonyl (C=O) groups is 1. The Labute approximate surface area is 126 Å². The van der Waals surface area contributed by atoms with Crippen LogP contribution in [0.1, 0.15) is 21.5 Å². The predicted molar refractivity (Wildman–Crippen MR) is 79.9 cm³/mol. The third-order valence-electron chi connectivity index (χ3n) is 3.27. The third kappa shape index (κ3) is 2.23. The van der Waals surface area contributed by atoms with Gasteiger partial charge in [-0.3, -0.25) is 4.79 Å². The summed E-state index contributed by atoms with van der Waals surface area (Å²) in [5.41, 5.74) is 8.10. The first-order valence-corrected chi connectivity index (χ1v) is 6.87. The molecule has 3 rings (SSSR count). The Bertz CT molecular complexity index is 690. The predicted octanol–water partition coefficient (Wildman–Crippen LogP) is 3.74. The average molecular weight is 308 g/mol. The van der Waals surface area contributed by atoms with Crippen LogP contribution in [-0.2, 0) is 6.42 Å². The second-order valence-electron chi connectivity index (χ2n) is 4.61. The number of halogens is 2. The molecule has 1 heterocycles. The molecule has 0 unspecified atom stereocenters. The highest BCUT2D eigenvalue weighted by atomic mass is 35.5. The molecule has 0 amide bonds. The van der Waals surface area contributed by atoms with E-state index in [1.165, 1.54) is 6.07 Å². The Hall–Kier alpha value is -1.71. The maximum absolute atomic E-state index is 12.5. The lowest BCUT2D eigenvalue weighted by Gasteiger charge is -2.07. The number of benzene rings is 2. The smallest absolute Gasteiger partial charge is 0.193 e. The zero-order chi connectivity index (χ0) is 14.3. The molecule has 2 aromatic carbocycles. The van der Waals surface area contributed by atoms with Gasteiger partial charge in [-0.2, -0.15) is 0 Å². The molecule has 0 aliphatic carbocycles. The maximum atomic E-state index is 12.5. The molecule has 0 saturated heterocycles. The molecule has 2 N–H and O–H groups in total. The van der Waals surface area contributed by atoms with Gasteiger partial charge in [-0.1, -0.05) is 23.2 Å². The molecular formula is C15H11Cl2NO2. The van der Waals surface area contributed by atoms with E-state index in [-0.39, 0.29) is 15.8 Å². The van der Waals surface area contributed by atoms with Crippen molar-refractivity contribution in [2.45, 2.75) is 6.42 Å². The number of nitrogens with two attached hydrogens (primary N) is 1. The standard InChI is InChI=1S/C15H11Cl2NO2/c16-11-6-10(7-12(18)14(11)17)15(19)9-1-2-13-8(5-9)3-4-20-13/h1-2,5-7H,3-4,18H2. The highest BCUT2D eigenvalue weighted by Crippen LogP contribution is 2.31. The quantitative estimate of drug-likeness (QED) is 0.679. The lowest BCUT2D eigenvalue weighted by atomic mass is 10.00. The van der Waals surface area contributed by atoms with E-state index in [4.69, 9.17) is 33.7 Å². The van der Waals surface area contributed by atoms with E-state index in [2.05, 4.69) is 0 Å².